The number of anilines is 1. The highest BCUT2D eigenvalue weighted by Gasteiger charge is 2.13. The number of benzene rings is 4. The van der Waals surface area contributed by atoms with Gasteiger partial charge in [-0.15, -0.1) is 0 Å². The minimum Gasteiger partial charge on any atom is -0.456 e. The van der Waals surface area contributed by atoms with E-state index in [9.17, 15) is 0 Å². The minimum atomic E-state index is 0.707. The molecule has 0 radical (unpaired) electrons. The molecule has 1 aromatic heterocycles. The standard InChI is InChI=1S/C24H17NO/c25-19-14-21(24-20-8-4-5-9-22(20)26-23(24)15-19)18-12-10-17(11-13-18)16-6-2-1-3-7-16/h1-15H,25H2. The van der Waals surface area contributed by atoms with E-state index < -0.39 is 0 Å². The average molecular weight is 335 g/mol. The van der Waals surface area contributed by atoms with Crippen molar-refractivity contribution in [3.8, 4) is 22.3 Å². The summed E-state index contributed by atoms with van der Waals surface area (Å²) in [6.07, 6.45) is 0. The Morgan fingerprint density at radius 3 is 2.04 bits per heavy atom. The molecule has 0 fully saturated rings. The van der Waals surface area contributed by atoms with E-state index in [0.717, 1.165) is 33.1 Å². The SMILES string of the molecule is Nc1cc(-c2ccc(-c3ccccc3)cc2)c2c(c1)oc1ccccc12. The summed E-state index contributed by atoms with van der Waals surface area (Å²) in [5, 5.41) is 2.23. The lowest BCUT2D eigenvalue weighted by Gasteiger charge is -2.08. The van der Waals surface area contributed by atoms with Gasteiger partial charge in [-0.25, -0.2) is 0 Å². The van der Waals surface area contributed by atoms with Crippen molar-refractivity contribution in [3.05, 3.63) is 91.0 Å². The molecule has 2 N–H and O–H groups in total. The lowest BCUT2D eigenvalue weighted by molar-refractivity contribution is 0.669. The Labute approximate surface area is 151 Å². The summed E-state index contributed by atoms with van der Waals surface area (Å²) in [4.78, 5) is 0. The lowest BCUT2D eigenvalue weighted by Crippen LogP contribution is -1.87. The maximum Gasteiger partial charge on any atom is 0.138 e. The van der Waals surface area contributed by atoms with Crippen LogP contribution in [-0.2, 0) is 0 Å². The van der Waals surface area contributed by atoms with Crippen molar-refractivity contribution in [2.24, 2.45) is 0 Å². The van der Waals surface area contributed by atoms with Crippen molar-refractivity contribution in [1.82, 2.24) is 0 Å². The fraction of sp³-hybridized carbons (Fsp3) is 0. The topological polar surface area (TPSA) is 39.2 Å². The number of furan rings is 1. The Balaban J connectivity index is 1.71. The molecule has 124 valence electrons. The van der Waals surface area contributed by atoms with E-state index in [0.29, 0.717) is 5.69 Å². The van der Waals surface area contributed by atoms with Crippen LogP contribution in [0.5, 0.6) is 0 Å². The Morgan fingerprint density at radius 2 is 1.23 bits per heavy atom. The van der Waals surface area contributed by atoms with Gasteiger partial charge in [0.25, 0.3) is 0 Å². The highest BCUT2D eigenvalue weighted by atomic mass is 16.3. The number of nitrogens with two attached hydrogens (primary N) is 1. The van der Waals surface area contributed by atoms with E-state index in [1.54, 1.807) is 0 Å². The molecule has 2 heteroatoms. The van der Waals surface area contributed by atoms with Gasteiger partial charge in [-0.05, 0) is 34.4 Å². The Hall–Kier alpha value is -3.52. The molecule has 0 amide bonds. The Morgan fingerprint density at radius 1 is 0.577 bits per heavy atom. The monoisotopic (exact) mass is 335 g/mol. The van der Waals surface area contributed by atoms with Crippen molar-refractivity contribution in [1.29, 1.82) is 0 Å². The molecule has 0 saturated carbocycles. The van der Waals surface area contributed by atoms with E-state index >= 15 is 0 Å². The number of hydrogen-bond donors (Lipinski definition) is 1. The zero-order valence-corrected chi connectivity index (χ0v) is 14.1. The minimum absolute atomic E-state index is 0.707. The van der Waals surface area contributed by atoms with Crippen LogP contribution >= 0.6 is 0 Å². The molecule has 26 heavy (non-hydrogen) atoms. The van der Waals surface area contributed by atoms with Crippen LogP contribution in [0.2, 0.25) is 0 Å². The molecule has 0 aliphatic heterocycles. The second kappa shape index (κ2) is 5.78. The quantitative estimate of drug-likeness (QED) is 0.374. The largest absolute Gasteiger partial charge is 0.456 e. The second-order valence-corrected chi connectivity index (χ2v) is 6.48. The van der Waals surface area contributed by atoms with Crippen molar-refractivity contribution in [2.75, 3.05) is 5.73 Å². The van der Waals surface area contributed by atoms with Crippen LogP contribution in [0, 0.1) is 0 Å². The number of fused-ring (bicyclic) bond motifs is 3. The smallest absolute Gasteiger partial charge is 0.138 e. The van der Waals surface area contributed by atoms with E-state index in [1.165, 1.54) is 11.1 Å². The third-order valence-corrected chi connectivity index (χ3v) is 4.80. The van der Waals surface area contributed by atoms with Gasteiger partial charge in [0.2, 0.25) is 0 Å². The van der Waals surface area contributed by atoms with Gasteiger partial charge in [0.1, 0.15) is 11.2 Å². The first-order valence-corrected chi connectivity index (χ1v) is 8.66. The van der Waals surface area contributed by atoms with Crippen LogP contribution in [0.4, 0.5) is 5.69 Å². The van der Waals surface area contributed by atoms with E-state index in [2.05, 4.69) is 54.6 Å². The summed E-state index contributed by atoms with van der Waals surface area (Å²) in [6.45, 7) is 0. The summed E-state index contributed by atoms with van der Waals surface area (Å²) < 4.78 is 6.01. The van der Waals surface area contributed by atoms with E-state index in [1.807, 2.05) is 36.4 Å². The normalized spacial score (nSPS) is 11.2. The van der Waals surface area contributed by atoms with Crippen LogP contribution in [0.15, 0.2) is 95.4 Å². The fourth-order valence-electron chi connectivity index (χ4n) is 3.58. The van der Waals surface area contributed by atoms with E-state index in [4.69, 9.17) is 10.2 Å². The van der Waals surface area contributed by atoms with Gasteiger partial charge < -0.3 is 10.2 Å². The lowest BCUT2D eigenvalue weighted by atomic mass is 9.96. The Bertz CT molecular complexity index is 1220. The number of para-hydroxylation sites is 1. The van der Waals surface area contributed by atoms with Crippen molar-refractivity contribution < 1.29 is 4.42 Å². The molecular weight excluding hydrogens is 318 g/mol. The van der Waals surface area contributed by atoms with Gasteiger partial charge in [0, 0.05) is 22.5 Å². The zero-order valence-electron chi connectivity index (χ0n) is 14.1. The number of hydrogen-bond acceptors (Lipinski definition) is 2. The van der Waals surface area contributed by atoms with Gasteiger partial charge in [-0.1, -0.05) is 72.8 Å². The molecular formula is C24H17NO. The number of nitrogen functional groups attached to an aromatic ring is 1. The summed E-state index contributed by atoms with van der Waals surface area (Å²) in [7, 11) is 0. The molecule has 2 nitrogen and oxygen atoms in total. The van der Waals surface area contributed by atoms with Crippen molar-refractivity contribution in [3.63, 3.8) is 0 Å². The third kappa shape index (κ3) is 2.35. The van der Waals surface area contributed by atoms with Gasteiger partial charge in [-0.2, -0.15) is 0 Å². The van der Waals surface area contributed by atoms with Crippen LogP contribution in [-0.4, -0.2) is 0 Å². The van der Waals surface area contributed by atoms with Crippen LogP contribution in [0.1, 0.15) is 0 Å². The summed E-state index contributed by atoms with van der Waals surface area (Å²) >= 11 is 0. The molecule has 4 aromatic carbocycles. The van der Waals surface area contributed by atoms with Gasteiger partial charge in [0.05, 0.1) is 0 Å². The summed E-state index contributed by atoms with van der Waals surface area (Å²) in [5.41, 5.74) is 13.2. The van der Waals surface area contributed by atoms with Gasteiger partial charge >= 0.3 is 0 Å². The predicted molar refractivity (Wildman–Crippen MR) is 109 cm³/mol. The molecule has 1 heterocycles. The average Bonchev–Trinajstić information content (AvgIpc) is 3.06. The molecule has 0 aliphatic rings. The molecule has 0 spiro atoms. The second-order valence-electron chi connectivity index (χ2n) is 6.48. The first-order valence-electron chi connectivity index (χ1n) is 8.66. The maximum absolute atomic E-state index is 6.14. The van der Waals surface area contributed by atoms with Crippen molar-refractivity contribution >= 4 is 27.6 Å². The first kappa shape index (κ1) is 14.8. The highest BCUT2D eigenvalue weighted by molar-refractivity contribution is 6.13. The molecule has 0 saturated heterocycles. The number of rotatable bonds is 2. The van der Waals surface area contributed by atoms with Crippen LogP contribution in [0.3, 0.4) is 0 Å². The van der Waals surface area contributed by atoms with E-state index in [-0.39, 0.29) is 0 Å². The van der Waals surface area contributed by atoms with Gasteiger partial charge in [-0.3, -0.25) is 0 Å². The zero-order chi connectivity index (χ0) is 17.5. The highest BCUT2D eigenvalue weighted by Crippen LogP contribution is 2.38. The summed E-state index contributed by atoms with van der Waals surface area (Å²) in [6, 6.07) is 31.1. The van der Waals surface area contributed by atoms with Crippen LogP contribution in [0.25, 0.3) is 44.2 Å². The molecule has 0 aliphatic carbocycles. The van der Waals surface area contributed by atoms with Gasteiger partial charge in [0.15, 0.2) is 0 Å². The molecule has 5 rings (SSSR count). The fourth-order valence-corrected chi connectivity index (χ4v) is 3.58. The molecule has 0 unspecified atom stereocenters. The third-order valence-electron chi connectivity index (χ3n) is 4.80. The van der Waals surface area contributed by atoms with Crippen LogP contribution < -0.4 is 5.73 Å². The predicted octanol–water partition coefficient (Wildman–Crippen LogP) is 6.50. The maximum atomic E-state index is 6.14. The van der Waals surface area contributed by atoms with Crippen molar-refractivity contribution in [2.45, 2.75) is 0 Å². The molecule has 0 atom stereocenters. The molecule has 5 aromatic rings. The first-order chi connectivity index (χ1) is 12.8. The Kier molecular flexibility index (Phi) is 3.29. The summed E-state index contributed by atoms with van der Waals surface area (Å²) in [5.74, 6) is 0. The molecule has 0 bridgehead atoms.